The topological polar surface area (TPSA) is 61.6 Å². The van der Waals surface area contributed by atoms with E-state index in [4.69, 9.17) is 0 Å². The summed E-state index contributed by atoms with van der Waals surface area (Å²) in [5.41, 5.74) is 0. The van der Waals surface area contributed by atoms with Gasteiger partial charge in [0.2, 0.25) is 0 Å². The van der Waals surface area contributed by atoms with Crippen molar-refractivity contribution in [2.45, 2.75) is 6.92 Å². The van der Waals surface area contributed by atoms with Crippen molar-refractivity contribution in [1.82, 2.24) is 0 Å². The zero-order chi connectivity index (χ0) is 7.28. The molecule has 0 fully saturated rings. The number of hydrogen-bond acceptors (Lipinski definition) is 4. The lowest BCUT2D eigenvalue weighted by molar-refractivity contribution is -0.506. The first-order valence-corrected chi connectivity index (χ1v) is 2.31. The molecule has 0 aromatic heterocycles. The van der Waals surface area contributed by atoms with Crippen LogP contribution in [0.15, 0.2) is 12.5 Å². The maximum Gasteiger partial charge on any atom is 0.451 e. The van der Waals surface area contributed by atoms with Crippen molar-refractivity contribution in [3.8, 4) is 0 Å². The van der Waals surface area contributed by atoms with Gasteiger partial charge in [-0.1, -0.05) is 0 Å². The van der Waals surface area contributed by atoms with Gasteiger partial charge in [0.25, 0.3) is 0 Å². The Hall–Kier alpha value is -1.10. The lowest BCUT2D eigenvalue weighted by Crippen LogP contribution is -2.02. The second kappa shape index (κ2) is 3.85. The molecule has 5 nitrogen and oxygen atoms in total. The molecule has 0 aliphatic rings. The van der Waals surface area contributed by atoms with Gasteiger partial charge in [0.1, 0.15) is 4.92 Å². The van der Waals surface area contributed by atoms with Crippen molar-refractivity contribution >= 4 is 0 Å². The Labute approximate surface area is 52.0 Å². The van der Waals surface area contributed by atoms with Crippen LogP contribution in [-0.4, -0.2) is 11.5 Å². The van der Waals surface area contributed by atoms with Crippen LogP contribution in [0.2, 0.25) is 0 Å². The zero-order valence-corrected chi connectivity index (χ0v) is 4.99. The number of nitrogens with zero attached hydrogens (tertiary/aromatic N) is 1. The highest BCUT2D eigenvalue weighted by atomic mass is 17.2. The van der Waals surface area contributed by atoms with E-state index in [-0.39, 0.29) is 6.61 Å². The van der Waals surface area contributed by atoms with Crippen LogP contribution in [0.1, 0.15) is 6.92 Å². The Balaban J connectivity index is 3.39. The first-order valence-electron chi connectivity index (χ1n) is 2.31. The molecule has 0 saturated carbocycles. The van der Waals surface area contributed by atoms with Gasteiger partial charge >= 0.3 is 5.88 Å². The minimum atomic E-state index is -0.768. The van der Waals surface area contributed by atoms with Crippen molar-refractivity contribution in [3.05, 3.63) is 22.6 Å². The fourth-order valence-electron chi connectivity index (χ4n) is 0.157. The van der Waals surface area contributed by atoms with Gasteiger partial charge in [-0.3, -0.25) is 15.0 Å². The maximum atomic E-state index is 9.71. The van der Waals surface area contributed by atoms with Gasteiger partial charge in [0.05, 0.1) is 6.61 Å². The van der Waals surface area contributed by atoms with E-state index >= 15 is 0 Å². The highest BCUT2D eigenvalue weighted by Crippen LogP contribution is 1.93. The van der Waals surface area contributed by atoms with E-state index in [2.05, 4.69) is 16.4 Å². The molecular formula is C4H7NO4. The van der Waals surface area contributed by atoms with Crippen LogP contribution < -0.4 is 0 Å². The molecule has 0 atom stereocenters. The van der Waals surface area contributed by atoms with Crippen LogP contribution in [0.5, 0.6) is 0 Å². The van der Waals surface area contributed by atoms with Gasteiger partial charge in [-0.05, 0) is 6.92 Å². The molecule has 0 unspecified atom stereocenters. The lowest BCUT2D eigenvalue weighted by Gasteiger charge is -1.95. The number of nitro groups is 1. The minimum absolute atomic E-state index is 0.257. The quantitative estimate of drug-likeness (QED) is 0.245. The SMILES string of the molecule is C=C(OOCC)[N+](=O)[O-]. The van der Waals surface area contributed by atoms with E-state index < -0.39 is 10.8 Å². The van der Waals surface area contributed by atoms with Crippen LogP contribution in [0.4, 0.5) is 0 Å². The fourth-order valence-corrected chi connectivity index (χ4v) is 0.157. The van der Waals surface area contributed by atoms with Gasteiger partial charge < -0.3 is 0 Å². The molecule has 0 N–H and O–H groups in total. The Bertz CT molecular complexity index is 122. The zero-order valence-electron chi connectivity index (χ0n) is 4.99. The Morgan fingerprint density at radius 1 is 1.89 bits per heavy atom. The average molecular weight is 133 g/mol. The largest absolute Gasteiger partial charge is 0.451 e. The summed E-state index contributed by atoms with van der Waals surface area (Å²) in [5, 5.41) is 9.71. The Morgan fingerprint density at radius 3 is 2.78 bits per heavy atom. The van der Waals surface area contributed by atoms with Crippen molar-refractivity contribution in [3.63, 3.8) is 0 Å². The first-order chi connectivity index (χ1) is 4.18. The molecule has 0 amide bonds. The molecule has 0 heterocycles. The minimum Gasteiger partial charge on any atom is -0.266 e. The summed E-state index contributed by atoms with van der Waals surface area (Å²) in [4.78, 5) is 17.2. The van der Waals surface area contributed by atoms with Gasteiger partial charge in [-0.25, -0.2) is 0 Å². The van der Waals surface area contributed by atoms with Gasteiger partial charge in [0.15, 0.2) is 0 Å². The summed E-state index contributed by atoms with van der Waals surface area (Å²) in [5.74, 6) is -0.600. The molecule has 0 spiro atoms. The maximum absolute atomic E-state index is 9.71. The van der Waals surface area contributed by atoms with E-state index in [1.54, 1.807) is 6.92 Å². The predicted molar refractivity (Wildman–Crippen MR) is 28.8 cm³/mol. The monoisotopic (exact) mass is 133 g/mol. The van der Waals surface area contributed by atoms with E-state index in [9.17, 15) is 10.1 Å². The smallest absolute Gasteiger partial charge is 0.266 e. The van der Waals surface area contributed by atoms with Gasteiger partial charge in [-0.2, -0.15) is 4.89 Å². The van der Waals surface area contributed by atoms with Gasteiger partial charge in [-0.15, -0.1) is 0 Å². The summed E-state index contributed by atoms with van der Waals surface area (Å²) in [6.07, 6.45) is 0. The molecule has 0 bridgehead atoms. The normalized spacial score (nSPS) is 8.56. The van der Waals surface area contributed by atoms with Crippen molar-refractivity contribution < 1.29 is 14.7 Å². The van der Waals surface area contributed by atoms with Crippen molar-refractivity contribution in [2.24, 2.45) is 0 Å². The highest BCUT2D eigenvalue weighted by Gasteiger charge is 2.06. The van der Waals surface area contributed by atoms with Crippen LogP contribution in [0.25, 0.3) is 0 Å². The molecule has 0 aromatic carbocycles. The molecule has 52 valence electrons. The highest BCUT2D eigenvalue weighted by molar-refractivity contribution is 4.61. The standard InChI is InChI=1S/C4H7NO4/c1-3-8-9-4(2)5(6)7/h2-3H2,1H3. The third-order valence-electron chi connectivity index (χ3n) is 0.477. The third-order valence-corrected chi connectivity index (χ3v) is 0.477. The Kier molecular flexibility index (Phi) is 3.38. The lowest BCUT2D eigenvalue weighted by atomic mass is 10.9. The molecule has 0 rings (SSSR count). The van der Waals surface area contributed by atoms with Crippen LogP contribution >= 0.6 is 0 Å². The summed E-state index contributed by atoms with van der Waals surface area (Å²) in [6.45, 7) is 4.85. The second-order valence-corrected chi connectivity index (χ2v) is 1.14. The summed E-state index contributed by atoms with van der Waals surface area (Å²) >= 11 is 0. The summed E-state index contributed by atoms with van der Waals surface area (Å²) < 4.78 is 0. The van der Waals surface area contributed by atoms with E-state index in [0.29, 0.717) is 0 Å². The molecule has 0 saturated heterocycles. The van der Waals surface area contributed by atoms with E-state index in [1.165, 1.54) is 0 Å². The molecule has 0 aromatic rings. The molecule has 9 heavy (non-hydrogen) atoms. The van der Waals surface area contributed by atoms with E-state index in [1.807, 2.05) is 0 Å². The fraction of sp³-hybridized carbons (Fsp3) is 0.500. The predicted octanol–water partition coefficient (Wildman–Crippen LogP) is 0.702. The average Bonchev–Trinajstić information content (AvgIpc) is 1.82. The number of hydrogen-bond donors (Lipinski definition) is 0. The van der Waals surface area contributed by atoms with Crippen molar-refractivity contribution in [2.75, 3.05) is 6.61 Å². The Morgan fingerprint density at radius 2 is 2.44 bits per heavy atom. The molecule has 0 aliphatic heterocycles. The molecule has 5 heteroatoms. The van der Waals surface area contributed by atoms with Crippen LogP contribution in [0.3, 0.4) is 0 Å². The van der Waals surface area contributed by atoms with Gasteiger partial charge in [0, 0.05) is 6.58 Å². The molecule has 0 aliphatic carbocycles. The molecular weight excluding hydrogens is 126 g/mol. The third kappa shape index (κ3) is 3.48. The first kappa shape index (κ1) is 7.90. The number of rotatable bonds is 4. The second-order valence-electron chi connectivity index (χ2n) is 1.14. The van der Waals surface area contributed by atoms with Crippen LogP contribution in [-0.2, 0) is 9.78 Å². The molecule has 0 radical (unpaired) electrons. The summed E-state index contributed by atoms with van der Waals surface area (Å²) in [7, 11) is 0. The van der Waals surface area contributed by atoms with Crippen molar-refractivity contribution in [1.29, 1.82) is 0 Å². The summed E-state index contributed by atoms with van der Waals surface area (Å²) in [6, 6.07) is 0. The van der Waals surface area contributed by atoms with Crippen LogP contribution in [0, 0.1) is 10.1 Å². The van der Waals surface area contributed by atoms with E-state index in [0.717, 1.165) is 0 Å².